The summed E-state index contributed by atoms with van der Waals surface area (Å²) < 4.78 is 0. The fraction of sp³-hybridized carbons (Fsp3) is 0.500. The normalized spacial score (nSPS) is 17.9. The van der Waals surface area contributed by atoms with Crippen LogP contribution < -0.4 is 0 Å². The number of aliphatic hydroxyl groups is 1. The molecule has 1 N–H and O–H groups in total. The monoisotopic (exact) mass is 218 g/mol. The van der Waals surface area contributed by atoms with Crippen molar-refractivity contribution in [1.29, 1.82) is 0 Å². The summed E-state index contributed by atoms with van der Waals surface area (Å²) in [6.07, 6.45) is 2.71. The van der Waals surface area contributed by atoms with Gasteiger partial charge in [0.15, 0.2) is 5.78 Å². The van der Waals surface area contributed by atoms with Crippen LogP contribution in [0, 0.1) is 19.3 Å². The van der Waals surface area contributed by atoms with Gasteiger partial charge < -0.3 is 5.11 Å². The van der Waals surface area contributed by atoms with Crippen molar-refractivity contribution in [2.24, 2.45) is 5.41 Å². The molecule has 0 aromatic heterocycles. The lowest BCUT2D eigenvalue weighted by molar-refractivity contribution is 0.0348. The maximum absolute atomic E-state index is 12.3. The molecular formula is C14H18O2. The molecule has 2 nitrogen and oxygen atoms in total. The number of Topliss-reactive ketones (excluding diaryl/α,β-unsaturated/α-hetero) is 1. The lowest BCUT2D eigenvalue weighted by Gasteiger charge is -2.38. The Morgan fingerprint density at radius 1 is 1.31 bits per heavy atom. The van der Waals surface area contributed by atoms with E-state index in [0.29, 0.717) is 0 Å². The molecule has 0 atom stereocenters. The molecule has 0 aliphatic heterocycles. The van der Waals surface area contributed by atoms with Gasteiger partial charge in [-0.3, -0.25) is 4.79 Å². The van der Waals surface area contributed by atoms with Gasteiger partial charge in [-0.05, 0) is 43.9 Å². The van der Waals surface area contributed by atoms with Gasteiger partial charge in [-0.2, -0.15) is 0 Å². The summed E-state index contributed by atoms with van der Waals surface area (Å²) in [6.45, 7) is 4.03. The van der Waals surface area contributed by atoms with Gasteiger partial charge in [0.25, 0.3) is 0 Å². The first-order valence-corrected chi connectivity index (χ1v) is 5.82. The topological polar surface area (TPSA) is 37.3 Å². The lowest BCUT2D eigenvalue weighted by atomic mass is 9.65. The largest absolute Gasteiger partial charge is 0.395 e. The molecule has 1 saturated carbocycles. The number of rotatable bonds is 3. The molecule has 2 heteroatoms. The average Bonchev–Trinajstić information content (AvgIpc) is 2.21. The third-order valence-corrected chi connectivity index (χ3v) is 3.86. The molecule has 1 fully saturated rings. The van der Waals surface area contributed by atoms with E-state index in [2.05, 4.69) is 0 Å². The second-order valence-electron chi connectivity index (χ2n) is 4.92. The Balaban J connectivity index is 2.30. The maximum Gasteiger partial charge on any atom is 0.171 e. The molecule has 1 aliphatic carbocycles. The van der Waals surface area contributed by atoms with Crippen molar-refractivity contribution in [2.45, 2.75) is 33.1 Å². The Kier molecular flexibility index (Phi) is 2.85. The molecule has 0 radical (unpaired) electrons. The predicted molar refractivity (Wildman–Crippen MR) is 63.6 cm³/mol. The molecule has 16 heavy (non-hydrogen) atoms. The zero-order valence-electron chi connectivity index (χ0n) is 9.92. The standard InChI is InChI=1S/C14H18O2/c1-10-4-5-12(8-11(10)2)13(16)14(9-15)6-3-7-14/h4-5,8,15H,3,6-7,9H2,1-2H3. The minimum absolute atomic E-state index is 0.0151. The quantitative estimate of drug-likeness (QED) is 0.792. The van der Waals surface area contributed by atoms with E-state index in [4.69, 9.17) is 0 Å². The van der Waals surface area contributed by atoms with E-state index in [9.17, 15) is 9.90 Å². The van der Waals surface area contributed by atoms with Crippen LogP contribution in [0.5, 0.6) is 0 Å². The first kappa shape index (κ1) is 11.3. The Morgan fingerprint density at radius 3 is 2.44 bits per heavy atom. The maximum atomic E-state index is 12.3. The zero-order valence-corrected chi connectivity index (χ0v) is 9.92. The first-order chi connectivity index (χ1) is 7.59. The molecule has 0 heterocycles. The van der Waals surface area contributed by atoms with Crippen molar-refractivity contribution in [3.63, 3.8) is 0 Å². The van der Waals surface area contributed by atoms with Crippen molar-refractivity contribution in [2.75, 3.05) is 6.61 Å². The summed E-state index contributed by atoms with van der Waals surface area (Å²) in [7, 11) is 0. The van der Waals surface area contributed by atoms with E-state index in [0.717, 1.165) is 30.4 Å². The zero-order chi connectivity index (χ0) is 11.8. The van der Waals surface area contributed by atoms with E-state index >= 15 is 0 Å². The number of hydrogen-bond donors (Lipinski definition) is 1. The van der Waals surface area contributed by atoms with E-state index in [1.54, 1.807) is 0 Å². The summed E-state index contributed by atoms with van der Waals surface area (Å²) in [4.78, 5) is 12.3. The molecule has 0 unspecified atom stereocenters. The summed E-state index contributed by atoms with van der Waals surface area (Å²) in [5.74, 6) is 0.115. The molecule has 0 spiro atoms. The highest BCUT2D eigenvalue weighted by Crippen LogP contribution is 2.43. The Bertz CT molecular complexity index is 411. The number of benzene rings is 1. The minimum Gasteiger partial charge on any atom is -0.395 e. The van der Waals surface area contributed by atoms with E-state index < -0.39 is 5.41 Å². The highest BCUT2D eigenvalue weighted by atomic mass is 16.3. The second kappa shape index (κ2) is 4.02. The molecule has 0 saturated heterocycles. The van der Waals surface area contributed by atoms with Crippen LogP contribution in [-0.2, 0) is 0 Å². The summed E-state index contributed by atoms with van der Waals surface area (Å²) >= 11 is 0. The molecule has 0 bridgehead atoms. The van der Waals surface area contributed by atoms with Gasteiger partial charge in [0, 0.05) is 5.56 Å². The second-order valence-corrected chi connectivity index (χ2v) is 4.92. The molecule has 1 aromatic carbocycles. The summed E-state index contributed by atoms with van der Waals surface area (Å²) in [6, 6.07) is 5.79. The van der Waals surface area contributed by atoms with Crippen LogP contribution >= 0.6 is 0 Å². The van der Waals surface area contributed by atoms with Gasteiger partial charge in [-0.25, -0.2) is 0 Å². The summed E-state index contributed by atoms with van der Waals surface area (Å²) in [5, 5.41) is 9.37. The van der Waals surface area contributed by atoms with E-state index in [1.165, 1.54) is 5.56 Å². The van der Waals surface area contributed by atoms with Crippen molar-refractivity contribution < 1.29 is 9.90 Å². The molecule has 1 aliphatic rings. The predicted octanol–water partition coefficient (Wildman–Crippen LogP) is 2.65. The van der Waals surface area contributed by atoms with Gasteiger partial charge in [0.2, 0.25) is 0 Å². The Labute approximate surface area is 96.3 Å². The van der Waals surface area contributed by atoms with Crippen LogP contribution in [0.1, 0.15) is 40.7 Å². The minimum atomic E-state index is -0.471. The third kappa shape index (κ3) is 1.67. The van der Waals surface area contributed by atoms with Crippen LogP contribution in [-0.4, -0.2) is 17.5 Å². The van der Waals surface area contributed by atoms with Crippen molar-refractivity contribution >= 4 is 5.78 Å². The van der Waals surface area contributed by atoms with Gasteiger partial charge in [-0.1, -0.05) is 18.6 Å². The van der Waals surface area contributed by atoms with Gasteiger partial charge in [0.05, 0.1) is 12.0 Å². The van der Waals surface area contributed by atoms with Crippen LogP contribution in [0.3, 0.4) is 0 Å². The van der Waals surface area contributed by atoms with Crippen molar-refractivity contribution in [1.82, 2.24) is 0 Å². The molecule has 1 aromatic rings. The number of aliphatic hydroxyl groups excluding tert-OH is 1. The number of aryl methyl sites for hydroxylation is 2. The highest BCUT2D eigenvalue weighted by molar-refractivity contribution is 6.01. The molecule has 2 rings (SSSR count). The van der Waals surface area contributed by atoms with E-state index in [-0.39, 0.29) is 12.4 Å². The van der Waals surface area contributed by atoms with Crippen molar-refractivity contribution in [3.8, 4) is 0 Å². The van der Waals surface area contributed by atoms with Crippen LogP contribution in [0.25, 0.3) is 0 Å². The highest BCUT2D eigenvalue weighted by Gasteiger charge is 2.43. The summed E-state index contributed by atoms with van der Waals surface area (Å²) in [5.41, 5.74) is 2.61. The molecule has 0 amide bonds. The van der Waals surface area contributed by atoms with Crippen LogP contribution in [0.4, 0.5) is 0 Å². The van der Waals surface area contributed by atoms with Gasteiger partial charge in [0.1, 0.15) is 0 Å². The molecular weight excluding hydrogens is 200 g/mol. The Morgan fingerprint density at radius 2 is 2.00 bits per heavy atom. The smallest absolute Gasteiger partial charge is 0.171 e. The number of carbonyl (C=O) groups is 1. The first-order valence-electron chi connectivity index (χ1n) is 5.82. The molecule has 86 valence electrons. The van der Waals surface area contributed by atoms with Crippen LogP contribution in [0.15, 0.2) is 18.2 Å². The van der Waals surface area contributed by atoms with Gasteiger partial charge >= 0.3 is 0 Å². The fourth-order valence-electron chi connectivity index (χ4n) is 2.25. The third-order valence-electron chi connectivity index (χ3n) is 3.86. The van der Waals surface area contributed by atoms with Crippen molar-refractivity contribution in [3.05, 3.63) is 34.9 Å². The number of ketones is 1. The number of carbonyl (C=O) groups excluding carboxylic acids is 1. The number of hydrogen-bond acceptors (Lipinski definition) is 2. The SMILES string of the molecule is Cc1ccc(C(=O)C2(CO)CCC2)cc1C. The van der Waals surface area contributed by atoms with E-state index in [1.807, 2.05) is 32.0 Å². The fourth-order valence-corrected chi connectivity index (χ4v) is 2.25. The van der Waals surface area contributed by atoms with Crippen LogP contribution in [0.2, 0.25) is 0 Å². The average molecular weight is 218 g/mol. The Hall–Kier alpha value is -1.15. The lowest BCUT2D eigenvalue weighted by Crippen LogP contribution is -2.41. The van der Waals surface area contributed by atoms with Gasteiger partial charge in [-0.15, -0.1) is 0 Å².